The Labute approximate surface area is 193 Å². The van der Waals surface area contributed by atoms with Crippen molar-refractivity contribution in [2.24, 2.45) is 23.2 Å². The maximum Gasteiger partial charge on any atom is 0.226 e. The number of benzene rings is 1. The highest BCUT2D eigenvalue weighted by Gasteiger charge is 2.54. The van der Waals surface area contributed by atoms with Gasteiger partial charge in [0.05, 0.1) is 11.0 Å². The van der Waals surface area contributed by atoms with E-state index < -0.39 is 0 Å². The van der Waals surface area contributed by atoms with Crippen LogP contribution in [0.3, 0.4) is 0 Å². The van der Waals surface area contributed by atoms with Gasteiger partial charge in [-0.3, -0.25) is 4.79 Å². The average molecular weight is 436 g/mol. The molecule has 0 saturated heterocycles. The van der Waals surface area contributed by atoms with Gasteiger partial charge in [0.15, 0.2) is 0 Å². The minimum atomic E-state index is -0.0482. The largest absolute Gasteiger partial charge is 0.355 e. The topological polar surface area (TPSA) is 46.9 Å². The van der Waals surface area contributed by atoms with Crippen LogP contribution in [-0.2, 0) is 17.8 Å². The molecule has 4 bridgehead atoms. The summed E-state index contributed by atoms with van der Waals surface area (Å²) in [6.45, 7) is 4.01. The lowest BCUT2D eigenvalue weighted by Gasteiger charge is -2.55. The number of fused-ring (bicyclic) bond motifs is 1. The molecule has 0 atom stereocenters. The number of rotatable bonds is 11. The zero-order valence-electron chi connectivity index (χ0n) is 20.0. The van der Waals surface area contributed by atoms with Crippen LogP contribution in [0.4, 0.5) is 0 Å². The maximum absolute atomic E-state index is 13.3. The number of hydrogen-bond donors (Lipinski definition) is 1. The summed E-state index contributed by atoms with van der Waals surface area (Å²) in [6, 6.07) is 8.49. The summed E-state index contributed by atoms with van der Waals surface area (Å²) in [6.07, 6.45) is 16.2. The van der Waals surface area contributed by atoms with Crippen LogP contribution in [0.1, 0.15) is 89.8 Å². The van der Waals surface area contributed by atoms with Gasteiger partial charge in [-0.2, -0.15) is 0 Å². The fraction of sp³-hybridized carbons (Fsp3) is 0.714. The molecule has 174 valence electrons. The zero-order chi connectivity index (χ0) is 22.0. The number of carbonyl (C=O) groups is 1. The molecule has 1 aromatic carbocycles. The van der Waals surface area contributed by atoms with Gasteiger partial charge in [-0.05, 0) is 74.8 Å². The van der Waals surface area contributed by atoms with Crippen molar-refractivity contribution in [2.75, 3.05) is 6.54 Å². The SMILES string of the molecule is CCCCCCCCn1c(CCNC(=O)C23CC4CC(CC(C4)C2)C3)nc2ccccc21. The van der Waals surface area contributed by atoms with E-state index in [1.165, 1.54) is 63.3 Å². The predicted molar refractivity (Wildman–Crippen MR) is 130 cm³/mol. The number of para-hydroxylation sites is 2. The van der Waals surface area contributed by atoms with E-state index in [1.807, 2.05) is 0 Å². The summed E-state index contributed by atoms with van der Waals surface area (Å²) >= 11 is 0. The number of aryl methyl sites for hydroxylation is 1. The molecule has 0 aliphatic heterocycles. The zero-order valence-corrected chi connectivity index (χ0v) is 20.0. The summed E-state index contributed by atoms with van der Waals surface area (Å²) < 4.78 is 2.41. The third-order valence-electron chi connectivity index (χ3n) is 8.62. The van der Waals surface area contributed by atoms with Gasteiger partial charge >= 0.3 is 0 Å². The highest BCUT2D eigenvalue weighted by atomic mass is 16.2. The minimum absolute atomic E-state index is 0.0482. The first-order valence-corrected chi connectivity index (χ1v) is 13.4. The standard InChI is InChI=1S/C28H41N3O/c1-2-3-4-5-6-9-14-31-25-11-8-7-10-24(25)30-26(31)12-13-29-27(32)28-18-21-15-22(19-28)17-23(16-21)20-28/h7-8,10-11,21-23H,2-6,9,12-20H2,1H3,(H,29,32). The molecule has 1 amide bonds. The van der Waals surface area contributed by atoms with Crippen LogP contribution in [0.25, 0.3) is 11.0 Å². The van der Waals surface area contributed by atoms with Crippen molar-refractivity contribution in [3.05, 3.63) is 30.1 Å². The Morgan fingerprint density at radius 3 is 2.38 bits per heavy atom. The van der Waals surface area contributed by atoms with E-state index >= 15 is 0 Å². The number of hydrogen-bond acceptors (Lipinski definition) is 2. The van der Waals surface area contributed by atoms with Crippen LogP contribution in [-0.4, -0.2) is 22.0 Å². The van der Waals surface area contributed by atoms with E-state index in [0.717, 1.165) is 61.3 Å². The second-order valence-corrected chi connectivity index (χ2v) is 11.1. The smallest absolute Gasteiger partial charge is 0.226 e. The lowest BCUT2D eigenvalue weighted by atomic mass is 9.49. The van der Waals surface area contributed by atoms with E-state index in [4.69, 9.17) is 4.98 Å². The summed E-state index contributed by atoms with van der Waals surface area (Å²) in [4.78, 5) is 18.2. The average Bonchev–Trinajstić information content (AvgIpc) is 3.12. The van der Waals surface area contributed by atoms with E-state index in [-0.39, 0.29) is 5.41 Å². The van der Waals surface area contributed by atoms with Crippen molar-refractivity contribution in [3.63, 3.8) is 0 Å². The molecule has 1 heterocycles. The molecule has 0 unspecified atom stereocenters. The molecular formula is C28H41N3O. The lowest BCUT2D eigenvalue weighted by molar-refractivity contribution is -0.146. The van der Waals surface area contributed by atoms with Crippen molar-refractivity contribution < 1.29 is 4.79 Å². The molecule has 4 heteroatoms. The molecule has 1 aromatic heterocycles. The molecule has 4 saturated carbocycles. The van der Waals surface area contributed by atoms with Crippen LogP contribution in [0.15, 0.2) is 24.3 Å². The minimum Gasteiger partial charge on any atom is -0.355 e. The van der Waals surface area contributed by atoms with Crippen molar-refractivity contribution >= 4 is 16.9 Å². The van der Waals surface area contributed by atoms with E-state index in [2.05, 4.69) is 41.1 Å². The van der Waals surface area contributed by atoms with Gasteiger partial charge < -0.3 is 9.88 Å². The van der Waals surface area contributed by atoms with Crippen molar-refractivity contribution in [1.82, 2.24) is 14.9 Å². The van der Waals surface area contributed by atoms with Crippen LogP contribution in [0, 0.1) is 23.2 Å². The first-order valence-electron chi connectivity index (χ1n) is 13.4. The Morgan fingerprint density at radius 2 is 1.66 bits per heavy atom. The third kappa shape index (κ3) is 4.47. The molecule has 6 rings (SSSR count). The number of aromatic nitrogens is 2. The molecule has 0 spiro atoms. The molecule has 4 nitrogen and oxygen atoms in total. The molecule has 4 fully saturated rings. The third-order valence-corrected chi connectivity index (χ3v) is 8.62. The number of nitrogens with zero attached hydrogens (tertiary/aromatic N) is 2. The fourth-order valence-electron chi connectivity index (χ4n) is 7.48. The quantitative estimate of drug-likeness (QED) is 0.423. The molecule has 1 N–H and O–H groups in total. The van der Waals surface area contributed by atoms with E-state index in [1.54, 1.807) is 0 Å². The Kier molecular flexibility index (Phi) is 6.57. The van der Waals surface area contributed by atoms with Crippen molar-refractivity contribution in [3.8, 4) is 0 Å². The van der Waals surface area contributed by atoms with Crippen LogP contribution in [0.2, 0.25) is 0 Å². The Hall–Kier alpha value is -1.84. The Bertz CT molecular complexity index is 895. The van der Waals surface area contributed by atoms with E-state index in [0.29, 0.717) is 12.5 Å². The summed E-state index contributed by atoms with van der Waals surface area (Å²) in [7, 11) is 0. The number of imidazole rings is 1. The molecular weight excluding hydrogens is 394 g/mol. The highest BCUT2D eigenvalue weighted by molar-refractivity contribution is 5.83. The van der Waals surface area contributed by atoms with Gasteiger partial charge in [0.1, 0.15) is 5.82 Å². The lowest BCUT2D eigenvalue weighted by Crippen LogP contribution is -2.53. The monoisotopic (exact) mass is 435 g/mol. The first kappa shape index (κ1) is 22.0. The Balaban J connectivity index is 1.19. The fourth-order valence-corrected chi connectivity index (χ4v) is 7.48. The molecule has 0 radical (unpaired) electrons. The van der Waals surface area contributed by atoms with Gasteiger partial charge in [0.2, 0.25) is 5.91 Å². The number of amides is 1. The summed E-state index contributed by atoms with van der Waals surface area (Å²) in [5.41, 5.74) is 2.28. The summed E-state index contributed by atoms with van der Waals surface area (Å²) in [5, 5.41) is 3.36. The van der Waals surface area contributed by atoms with Crippen molar-refractivity contribution in [2.45, 2.75) is 96.9 Å². The number of unbranched alkanes of at least 4 members (excludes halogenated alkanes) is 5. The number of nitrogens with one attached hydrogen (secondary N) is 1. The summed E-state index contributed by atoms with van der Waals surface area (Å²) in [5.74, 6) is 3.91. The molecule has 4 aliphatic rings. The first-order chi connectivity index (χ1) is 15.7. The highest BCUT2D eigenvalue weighted by Crippen LogP contribution is 2.60. The van der Waals surface area contributed by atoms with Gasteiger partial charge in [-0.15, -0.1) is 0 Å². The maximum atomic E-state index is 13.3. The Morgan fingerprint density at radius 1 is 1.00 bits per heavy atom. The van der Waals surface area contributed by atoms with Crippen molar-refractivity contribution in [1.29, 1.82) is 0 Å². The number of carbonyl (C=O) groups excluding carboxylic acids is 1. The van der Waals surface area contributed by atoms with Crippen LogP contribution < -0.4 is 5.32 Å². The van der Waals surface area contributed by atoms with Gasteiger partial charge in [-0.25, -0.2) is 4.98 Å². The van der Waals surface area contributed by atoms with Gasteiger partial charge in [-0.1, -0.05) is 51.2 Å². The van der Waals surface area contributed by atoms with E-state index in [9.17, 15) is 4.79 Å². The molecule has 4 aliphatic carbocycles. The molecule has 2 aromatic rings. The second-order valence-electron chi connectivity index (χ2n) is 11.1. The van der Waals surface area contributed by atoms with Gasteiger partial charge in [0.25, 0.3) is 0 Å². The van der Waals surface area contributed by atoms with Crippen LogP contribution in [0.5, 0.6) is 0 Å². The second kappa shape index (κ2) is 9.57. The molecule has 32 heavy (non-hydrogen) atoms. The van der Waals surface area contributed by atoms with Gasteiger partial charge in [0, 0.05) is 24.9 Å². The predicted octanol–water partition coefficient (Wildman–Crippen LogP) is 6.27. The van der Waals surface area contributed by atoms with Crippen LogP contribution >= 0.6 is 0 Å². The normalized spacial score (nSPS) is 28.5.